The summed E-state index contributed by atoms with van der Waals surface area (Å²) in [5, 5.41) is 6.71. The second kappa shape index (κ2) is 14.0. The van der Waals surface area contributed by atoms with Crippen molar-refractivity contribution in [2.45, 2.75) is 0 Å². The van der Waals surface area contributed by atoms with Crippen LogP contribution in [-0.4, -0.2) is 24.1 Å². The summed E-state index contributed by atoms with van der Waals surface area (Å²) < 4.78 is 11.5. The van der Waals surface area contributed by atoms with Crippen LogP contribution >= 0.6 is 0 Å². The van der Waals surface area contributed by atoms with Gasteiger partial charge < -0.3 is 13.6 Å². The second-order valence-corrected chi connectivity index (χ2v) is 16.0. The van der Waals surface area contributed by atoms with Crippen LogP contribution in [0.5, 0.6) is 0 Å². The lowest BCUT2D eigenvalue weighted by atomic mass is 10.0. The average molecular weight is 806 g/mol. The molecule has 4 aromatic heterocycles. The Bertz CT molecular complexity index is 3830. The number of benzene rings is 9. The smallest absolute Gasteiger partial charge is 0.166 e. The SMILES string of the molecule is c1ccc(-c2ccc3c(c2)c2ccccc2n3-c2ccc3oc4cc5c6cccc(-c7nc(-c8ccccc8)nc(-c8ccccc8)n7)c6n(-c6ccccc6)c5cc4c3c2)cc1. The van der Waals surface area contributed by atoms with Gasteiger partial charge in [-0.25, -0.2) is 15.0 Å². The Morgan fingerprint density at radius 1 is 0.302 bits per heavy atom. The minimum Gasteiger partial charge on any atom is -0.456 e. The van der Waals surface area contributed by atoms with Gasteiger partial charge in [-0.2, -0.15) is 0 Å². The highest BCUT2D eigenvalue weighted by Gasteiger charge is 2.22. The Hall–Kier alpha value is -8.61. The van der Waals surface area contributed by atoms with Crippen molar-refractivity contribution in [3.8, 4) is 56.7 Å². The van der Waals surface area contributed by atoms with Crippen LogP contribution in [0.2, 0.25) is 0 Å². The molecule has 13 aromatic rings. The maximum absolute atomic E-state index is 6.73. The van der Waals surface area contributed by atoms with Gasteiger partial charge in [0.2, 0.25) is 0 Å². The van der Waals surface area contributed by atoms with Crippen molar-refractivity contribution in [2.24, 2.45) is 0 Å². The first-order valence-electron chi connectivity index (χ1n) is 21.2. The molecule has 9 aromatic carbocycles. The van der Waals surface area contributed by atoms with E-state index in [2.05, 4.69) is 161 Å². The van der Waals surface area contributed by atoms with Gasteiger partial charge in [-0.05, 0) is 77.9 Å². The van der Waals surface area contributed by atoms with Crippen LogP contribution in [-0.2, 0) is 0 Å². The van der Waals surface area contributed by atoms with Crippen LogP contribution < -0.4 is 0 Å². The maximum Gasteiger partial charge on any atom is 0.166 e. The molecule has 0 radical (unpaired) electrons. The average Bonchev–Trinajstić information content (AvgIpc) is 4.00. The quantitative estimate of drug-likeness (QED) is 0.168. The van der Waals surface area contributed by atoms with Crippen LogP contribution in [0.15, 0.2) is 217 Å². The van der Waals surface area contributed by atoms with E-state index in [1.807, 2.05) is 60.7 Å². The van der Waals surface area contributed by atoms with E-state index in [9.17, 15) is 0 Å². The van der Waals surface area contributed by atoms with E-state index < -0.39 is 0 Å². The molecule has 0 saturated carbocycles. The molecule has 0 aliphatic rings. The van der Waals surface area contributed by atoms with Crippen LogP contribution in [0, 0.1) is 0 Å². The Labute approximate surface area is 361 Å². The van der Waals surface area contributed by atoms with Gasteiger partial charge in [0, 0.05) is 60.4 Å². The molecule has 294 valence electrons. The summed E-state index contributed by atoms with van der Waals surface area (Å²) in [5.41, 5.74) is 13.4. The summed E-state index contributed by atoms with van der Waals surface area (Å²) in [6.45, 7) is 0. The lowest BCUT2D eigenvalue weighted by Gasteiger charge is -2.12. The second-order valence-electron chi connectivity index (χ2n) is 16.0. The lowest BCUT2D eigenvalue weighted by Crippen LogP contribution is -2.02. The molecule has 0 saturated heterocycles. The normalized spacial score (nSPS) is 11.8. The van der Waals surface area contributed by atoms with Crippen molar-refractivity contribution in [3.63, 3.8) is 0 Å². The molecule has 0 amide bonds. The van der Waals surface area contributed by atoms with Gasteiger partial charge in [0.15, 0.2) is 17.5 Å². The predicted octanol–water partition coefficient (Wildman–Crippen LogP) is 14.6. The first-order valence-corrected chi connectivity index (χ1v) is 21.2. The minimum absolute atomic E-state index is 0.606. The summed E-state index contributed by atoms with van der Waals surface area (Å²) in [6, 6.07) is 74.4. The van der Waals surface area contributed by atoms with E-state index in [0.29, 0.717) is 17.5 Å². The fraction of sp³-hybridized carbons (Fsp3) is 0. The van der Waals surface area contributed by atoms with E-state index in [4.69, 9.17) is 19.4 Å². The van der Waals surface area contributed by atoms with Crippen molar-refractivity contribution in [1.29, 1.82) is 0 Å². The highest BCUT2D eigenvalue weighted by Crippen LogP contribution is 2.43. The number of hydrogen-bond acceptors (Lipinski definition) is 4. The minimum atomic E-state index is 0.606. The summed E-state index contributed by atoms with van der Waals surface area (Å²) in [5.74, 6) is 1.85. The van der Waals surface area contributed by atoms with Crippen molar-refractivity contribution in [3.05, 3.63) is 212 Å². The zero-order valence-electron chi connectivity index (χ0n) is 33.9. The fourth-order valence-electron chi connectivity index (χ4n) is 9.48. The Balaban J connectivity index is 1.05. The summed E-state index contributed by atoms with van der Waals surface area (Å²) in [7, 11) is 0. The Kier molecular flexibility index (Phi) is 7.80. The molecule has 0 bridgehead atoms. The van der Waals surface area contributed by atoms with Gasteiger partial charge in [0.25, 0.3) is 0 Å². The third kappa shape index (κ3) is 5.62. The van der Waals surface area contributed by atoms with Gasteiger partial charge in [-0.3, -0.25) is 0 Å². The van der Waals surface area contributed by atoms with Crippen molar-refractivity contribution >= 4 is 65.6 Å². The molecule has 63 heavy (non-hydrogen) atoms. The summed E-state index contributed by atoms with van der Waals surface area (Å²) in [6.07, 6.45) is 0. The molecule has 0 aliphatic carbocycles. The van der Waals surface area contributed by atoms with Gasteiger partial charge in [-0.1, -0.05) is 146 Å². The van der Waals surface area contributed by atoms with Gasteiger partial charge >= 0.3 is 0 Å². The zero-order chi connectivity index (χ0) is 41.4. The van der Waals surface area contributed by atoms with Crippen molar-refractivity contribution < 1.29 is 4.42 Å². The molecule has 0 N–H and O–H groups in total. The predicted molar refractivity (Wildman–Crippen MR) is 258 cm³/mol. The molecular formula is C57H35N5O. The standard InChI is InChI=1S/C57H35N5O/c1-5-16-36(17-6-1)39-28-30-50-45(32-39)42-24-13-14-27-49(42)61(50)41-29-31-52-47(33-41)48-34-51-46(35-53(48)63-52)43-25-15-26-44(54(43)62(51)40-22-11-4-12-23-40)57-59-55(37-18-7-2-8-19-37)58-56(60-57)38-20-9-3-10-21-38/h1-35H. The summed E-state index contributed by atoms with van der Waals surface area (Å²) >= 11 is 0. The topological polar surface area (TPSA) is 61.7 Å². The van der Waals surface area contributed by atoms with Gasteiger partial charge in [-0.15, -0.1) is 0 Å². The molecule has 0 atom stereocenters. The highest BCUT2D eigenvalue weighted by molar-refractivity contribution is 6.19. The van der Waals surface area contributed by atoms with Crippen molar-refractivity contribution in [2.75, 3.05) is 0 Å². The van der Waals surface area contributed by atoms with Crippen molar-refractivity contribution in [1.82, 2.24) is 24.1 Å². The van der Waals surface area contributed by atoms with Crippen LogP contribution in [0.4, 0.5) is 0 Å². The van der Waals surface area contributed by atoms with Gasteiger partial charge in [0.1, 0.15) is 11.2 Å². The number of rotatable bonds is 6. The number of para-hydroxylation sites is 3. The molecular weight excluding hydrogens is 771 g/mol. The number of aromatic nitrogens is 5. The Morgan fingerprint density at radius 3 is 1.62 bits per heavy atom. The lowest BCUT2D eigenvalue weighted by molar-refractivity contribution is 0.669. The van der Waals surface area contributed by atoms with Crippen LogP contribution in [0.1, 0.15) is 0 Å². The third-order valence-electron chi connectivity index (χ3n) is 12.4. The third-order valence-corrected chi connectivity index (χ3v) is 12.4. The molecule has 0 unspecified atom stereocenters. The molecule has 4 heterocycles. The highest BCUT2D eigenvalue weighted by atomic mass is 16.3. The monoisotopic (exact) mass is 805 g/mol. The van der Waals surface area contributed by atoms with Crippen LogP contribution in [0.3, 0.4) is 0 Å². The molecule has 6 heteroatoms. The maximum atomic E-state index is 6.73. The first kappa shape index (κ1) is 35.2. The van der Waals surface area contributed by atoms with E-state index in [-0.39, 0.29) is 0 Å². The van der Waals surface area contributed by atoms with E-state index in [0.717, 1.165) is 82.8 Å². The molecule has 0 aliphatic heterocycles. The number of nitrogens with zero attached hydrogens (tertiary/aromatic N) is 5. The molecule has 6 nitrogen and oxygen atoms in total. The van der Waals surface area contributed by atoms with E-state index >= 15 is 0 Å². The molecule has 13 rings (SSSR count). The molecule has 0 spiro atoms. The first-order chi connectivity index (χ1) is 31.2. The largest absolute Gasteiger partial charge is 0.456 e. The number of furan rings is 1. The summed E-state index contributed by atoms with van der Waals surface area (Å²) in [4.78, 5) is 15.4. The van der Waals surface area contributed by atoms with E-state index in [1.54, 1.807) is 0 Å². The van der Waals surface area contributed by atoms with Gasteiger partial charge in [0.05, 0.1) is 22.1 Å². The van der Waals surface area contributed by atoms with E-state index in [1.165, 1.54) is 21.9 Å². The Morgan fingerprint density at radius 2 is 0.889 bits per heavy atom. The zero-order valence-corrected chi connectivity index (χ0v) is 33.9. The number of hydrogen-bond donors (Lipinski definition) is 0. The number of fused-ring (bicyclic) bond motifs is 9. The fourth-order valence-corrected chi connectivity index (χ4v) is 9.48. The molecule has 0 fully saturated rings. The van der Waals surface area contributed by atoms with Crippen LogP contribution in [0.25, 0.3) is 122 Å².